The van der Waals surface area contributed by atoms with E-state index in [1.165, 1.54) is 16.8 Å². The molecule has 1 amide bonds. The maximum absolute atomic E-state index is 14.0. The molecule has 0 aliphatic rings. The van der Waals surface area contributed by atoms with Gasteiger partial charge < -0.3 is 14.6 Å². The largest absolute Gasteiger partial charge is 0.489 e. The van der Waals surface area contributed by atoms with E-state index in [1.807, 2.05) is 0 Å². The number of carbonyl (C=O) groups excluding carboxylic acids is 1. The third-order valence-electron chi connectivity index (χ3n) is 4.66. The van der Waals surface area contributed by atoms with Crippen molar-refractivity contribution >= 4 is 34.9 Å². The maximum atomic E-state index is 14.0. The quantitative estimate of drug-likeness (QED) is 0.382. The van der Waals surface area contributed by atoms with Crippen LogP contribution in [0.5, 0.6) is 5.75 Å². The van der Waals surface area contributed by atoms with E-state index in [-0.39, 0.29) is 24.7 Å². The van der Waals surface area contributed by atoms with Crippen molar-refractivity contribution in [2.75, 3.05) is 5.32 Å². The number of ether oxygens (including phenoxy) is 1. The van der Waals surface area contributed by atoms with Crippen LogP contribution in [0, 0.1) is 12.7 Å². The lowest BCUT2D eigenvalue weighted by Gasteiger charge is -2.07. The van der Waals surface area contributed by atoms with Gasteiger partial charge in [0.25, 0.3) is 5.91 Å². The molecule has 2 aromatic carbocycles. The van der Waals surface area contributed by atoms with E-state index in [9.17, 15) is 9.18 Å². The van der Waals surface area contributed by atoms with Gasteiger partial charge in [-0.2, -0.15) is 5.10 Å². The molecule has 0 saturated carbocycles. The first-order valence-electron chi connectivity index (χ1n) is 9.52. The fourth-order valence-electron chi connectivity index (χ4n) is 2.96. The van der Waals surface area contributed by atoms with Crippen molar-refractivity contribution in [1.82, 2.24) is 14.9 Å². The molecule has 0 radical (unpaired) electrons. The van der Waals surface area contributed by atoms with E-state index in [2.05, 4.69) is 15.6 Å². The minimum atomic E-state index is -0.509. The molecule has 32 heavy (non-hydrogen) atoms. The number of aromatic nitrogens is 3. The highest BCUT2D eigenvalue weighted by molar-refractivity contribution is 6.31. The zero-order valence-electron chi connectivity index (χ0n) is 16.8. The van der Waals surface area contributed by atoms with Crippen LogP contribution in [0.2, 0.25) is 10.0 Å². The fourth-order valence-corrected chi connectivity index (χ4v) is 3.31. The highest BCUT2D eigenvalue weighted by Gasteiger charge is 2.21. The number of nitrogens with zero attached hydrogens (tertiary/aromatic N) is 3. The molecule has 164 valence electrons. The number of carbonyl (C=O) groups is 1. The SMILES string of the molecule is Cc1onc(C(=O)Nc2ccn(Cc3c(F)cccc3Cl)n2)c1COc1ccc(Cl)cc1. The summed E-state index contributed by atoms with van der Waals surface area (Å²) in [7, 11) is 0. The predicted molar refractivity (Wildman–Crippen MR) is 118 cm³/mol. The second-order valence-electron chi connectivity index (χ2n) is 6.86. The van der Waals surface area contributed by atoms with Crippen LogP contribution in [0.1, 0.15) is 27.4 Å². The van der Waals surface area contributed by atoms with Gasteiger partial charge in [-0.05, 0) is 43.3 Å². The van der Waals surface area contributed by atoms with Crippen LogP contribution in [-0.4, -0.2) is 20.8 Å². The molecule has 0 aliphatic heterocycles. The van der Waals surface area contributed by atoms with Crippen LogP contribution < -0.4 is 10.1 Å². The van der Waals surface area contributed by atoms with Crippen molar-refractivity contribution in [2.45, 2.75) is 20.1 Å². The third kappa shape index (κ3) is 4.92. The third-order valence-corrected chi connectivity index (χ3v) is 5.27. The summed E-state index contributed by atoms with van der Waals surface area (Å²) in [5.74, 6) is 0.385. The minimum Gasteiger partial charge on any atom is -0.489 e. The van der Waals surface area contributed by atoms with Gasteiger partial charge >= 0.3 is 0 Å². The summed E-state index contributed by atoms with van der Waals surface area (Å²) in [6.45, 7) is 1.89. The molecule has 4 rings (SSSR count). The van der Waals surface area contributed by atoms with E-state index in [0.29, 0.717) is 32.7 Å². The number of amides is 1. The van der Waals surface area contributed by atoms with Crippen LogP contribution in [0.3, 0.4) is 0 Å². The standard InChI is InChI=1S/C22H17Cl2FN4O3/c1-13-17(12-31-15-7-5-14(23)6-8-15)21(28-32-13)22(30)26-20-9-10-29(27-20)11-16-18(24)3-2-4-19(16)25/h2-10H,11-12H2,1H3,(H,26,27,30). The van der Waals surface area contributed by atoms with Gasteiger partial charge in [0.05, 0.1) is 12.1 Å². The van der Waals surface area contributed by atoms with E-state index < -0.39 is 11.7 Å². The first kappa shape index (κ1) is 21.9. The van der Waals surface area contributed by atoms with E-state index >= 15 is 0 Å². The van der Waals surface area contributed by atoms with Crippen molar-refractivity contribution in [2.24, 2.45) is 0 Å². The average molecular weight is 475 g/mol. The molecule has 0 spiro atoms. The normalized spacial score (nSPS) is 10.9. The maximum Gasteiger partial charge on any atom is 0.279 e. The molecule has 7 nitrogen and oxygen atoms in total. The summed E-state index contributed by atoms with van der Waals surface area (Å²) in [6.07, 6.45) is 1.61. The van der Waals surface area contributed by atoms with Gasteiger partial charge in [0.2, 0.25) is 0 Å². The Balaban J connectivity index is 1.44. The van der Waals surface area contributed by atoms with Crippen LogP contribution in [0.25, 0.3) is 0 Å². The van der Waals surface area contributed by atoms with Gasteiger partial charge in [-0.15, -0.1) is 0 Å². The molecule has 10 heteroatoms. The van der Waals surface area contributed by atoms with Gasteiger partial charge in [-0.1, -0.05) is 34.4 Å². The van der Waals surface area contributed by atoms with Gasteiger partial charge in [-0.25, -0.2) is 4.39 Å². The summed E-state index contributed by atoms with van der Waals surface area (Å²) in [4.78, 5) is 12.7. The fraction of sp³-hybridized carbons (Fsp3) is 0.136. The van der Waals surface area contributed by atoms with Gasteiger partial charge in [-0.3, -0.25) is 9.48 Å². The molecule has 0 bridgehead atoms. The molecular weight excluding hydrogens is 458 g/mol. The minimum absolute atomic E-state index is 0.0833. The Morgan fingerprint density at radius 2 is 1.94 bits per heavy atom. The molecule has 0 fully saturated rings. The molecule has 2 heterocycles. The molecule has 0 saturated heterocycles. The smallest absolute Gasteiger partial charge is 0.279 e. The zero-order chi connectivity index (χ0) is 22.7. The Labute approximate surface area is 192 Å². The van der Waals surface area contributed by atoms with Gasteiger partial charge in [0.15, 0.2) is 11.5 Å². The molecule has 0 aliphatic carbocycles. The Hall–Kier alpha value is -3.36. The summed E-state index contributed by atoms with van der Waals surface area (Å²) in [5, 5.41) is 11.6. The average Bonchev–Trinajstić information content (AvgIpc) is 3.36. The lowest BCUT2D eigenvalue weighted by Crippen LogP contribution is -2.16. The highest BCUT2D eigenvalue weighted by atomic mass is 35.5. The summed E-state index contributed by atoms with van der Waals surface area (Å²) in [6, 6.07) is 12.9. The number of halogens is 3. The molecule has 0 unspecified atom stereocenters. The summed E-state index contributed by atoms with van der Waals surface area (Å²) in [5.41, 5.74) is 0.905. The second kappa shape index (κ2) is 9.42. The molecule has 2 aromatic heterocycles. The monoisotopic (exact) mass is 474 g/mol. The van der Waals surface area contributed by atoms with Crippen molar-refractivity contribution in [3.63, 3.8) is 0 Å². The summed E-state index contributed by atoms with van der Waals surface area (Å²) < 4.78 is 26.4. The second-order valence-corrected chi connectivity index (χ2v) is 7.71. The Morgan fingerprint density at radius 1 is 1.16 bits per heavy atom. The van der Waals surface area contributed by atoms with Gasteiger partial charge in [0, 0.05) is 27.9 Å². The number of hydrogen-bond donors (Lipinski definition) is 1. The van der Waals surface area contributed by atoms with E-state index in [0.717, 1.165) is 0 Å². The van der Waals surface area contributed by atoms with E-state index in [4.69, 9.17) is 32.5 Å². The lowest BCUT2D eigenvalue weighted by atomic mass is 10.2. The van der Waals surface area contributed by atoms with Crippen LogP contribution in [-0.2, 0) is 13.2 Å². The number of rotatable bonds is 7. The highest BCUT2D eigenvalue weighted by Crippen LogP contribution is 2.22. The first-order valence-corrected chi connectivity index (χ1v) is 10.3. The zero-order valence-corrected chi connectivity index (χ0v) is 18.3. The number of nitrogens with one attached hydrogen (secondary N) is 1. The number of anilines is 1. The molecular formula is C22H17Cl2FN4O3. The van der Waals surface area contributed by atoms with Crippen LogP contribution in [0.4, 0.5) is 10.2 Å². The lowest BCUT2D eigenvalue weighted by molar-refractivity contribution is 0.101. The van der Waals surface area contributed by atoms with Crippen molar-refractivity contribution in [1.29, 1.82) is 0 Å². The summed E-state index contributed by atoms with van der Waals surface area (Å²) >= 11 is 11.9. The van der Waals surface area contributed by atoms with Crippen molar-refractivity contribution < 1.29 is 18.4 Å². The Kier molecular flexibility index (Phi) is 6.43. The number of benzene rings is 2. The molecule has 0 atom stereocenters. The Morgan fingerprint density at radius 3 is 2.69 bits per heavy atom. The van der Waals surface area contributed by atoms with Crippen LogP contribution in [0.15, 0.2) is 59.3 Å². The predicted octanol–water partition coefficient (Wildman–Crippen LogP) is 5.51. The molecule has 4 aromatic rings. The Bertz CT molecular complexity index is 1230. The van der Waals surface area contributed by atoms with Crippen molar-refractivity contribution in [3.8, 4) is 5.75 Å². The number of hydrogen-bond acceptors (Lipinski definition) is 5. The van der Waals surface area contributed by atoms with Crippen molar-refractivity contribution in [3.05, 3.63) is 93.2 Å². The first-order chi connectivity index (χ1) is 15.4. The number of aryl methyl sites for hydroxylation is 1. The topological polar surface area (TPSA) is 82.2 Å². The van der Waals surface area contributed by atoms with Gasteiger partial charge in [0.1, 0.15) is 23.9 Å². The van der Waals surface area contributed by atoms with E-state index in [1.54, 1.807) is 49.5 Å². The van der Waals surface area contributed by atoms with Crippen LogP contribution >= 0.6 is 23.2 Å². The molecule has 1 N–H and O–H groups in total.